The Labute approximate surface area is 833 Å². The third-order valence-electron chi connectivity index (χ3n) is 24.8. The lowest BCUT2D eigenvalue weighted by Crippen LogP contribution is -2.33. The van der Waals surface area contributed by atoms with Crippen LogP contribution in [0.25, 0.3) is 55.8 Å². The molecule has 0 spiro atoms. The molecule has 17 heterocycles. The Bertz CT molecular complexity index is 8010. The van der Waals surface area contributed by atoms with Crippen LogP contribution in [0.15, 0.2) is 152 Å². The minimum Gasteiger partial charge on any atom is -0.485 e. The summed E-state index contributed by atoms with van der Waals surface area (Å²) in [5.41, 5.74) is 26.6. The van der Waals surface area contributed by atoms with Crippen molar-refractivity contribution in [3.8, 4) is 11.5 Å². The standard InChI is InChI=1S/C82H94N27O35P5/c1-38-22-104(82(116)103-73(38)111)57-18-46(51(135-57)26-126-23-41-13-14-43(127-24-39-9-5-3-6-10-39)44(15-41)128-25-40-11-7-4-8-12-40)141-146(118,119)131-29-53-48(20-60(137-53)108-36-93-65-71(108)97-80(86)101-76(65)114)143-148(122,123)133-31-55-49(21-61(139-55)109-37-94-66-72(109)98-81(87)102-77(66)115)144-149(124,125)132-30-54-47(19-59(138-54)107-35-92-64-70(107)96-79(85)100-75(64)113)142-147(120,121)130-28-52-45(17-58(136-52)105-33-90-62-67(83)88-32-89-68(62)105)140-145(2,117)129-27-50-42(110)16-56(134-50)106-34-91-63-69(106)95-78(84)99-74(63)112/h3-15,22,32-37,42,45-61,110H,16-21,23-31H2,1-2H3,(H,118,119)(H,120,121)(H,122,123)(H,124,125)(H2,83,88,89)(H,103,111,116)(H3,84,95,99,112)(H3,85,96,100,113)(H3,86,97,101,114)(H3,87,98,102,115). The van der Waals surface area contributed by atoms with E-state index in [2.05, 4.69) is 79.7 Å². The number of aromatic nitrogens is 22. The smallest absolute Gasteiger partial charge is 0.472 e. The number of ether oxygens (including phenoxy) is 9. The zero-order valence-electron chi connectivity index (χ0n) is 77.8. The molecule has 0 saturated carbocycles. The minimum atomic E-state index is -5.69. The zero-order chi connectivity index (χ0) is 104. The van der Waals surface area contributed by atoms with Gasteiger partial charge in [0, 0.05) is 57.0 Å². The third-order valence-corrected chi connectivity index (χ3v) is 30.1. The Morgan fingerprint density at radius 3 is 1.11 bits per heavy atom. The van der Waals surface area contributed by atoms with Crippen molar-refractivity contribution in [2.75, 3.05) is 75.0 Å². The molecule has 0 aliphatic carbocycles. The molecule has 6 aliphatic rings. The Kier molecular flexibility index (Phi) is 29.2. The molecule has 6 aliphatic heterocycles. The van der Waals surface area contributed by atoms with Crippen LogP contribution in [0.5, 0.6) is 11.5 Å². The Morgan fingerprint density at radius 2 is 0.711 bits per heavy atom. The van der Waals surface area contributed by atoms with Gasteiger partial charge in [0.15, 0.2) is 67.6 Å². The molecule has 23 atom stereocenters. The highest BCUT2D eigenvalue weighted by Crippen LogP contribution is 2.57. The first kappa shape index (κ1) is 103. The van der Waals surface area contributed by atoms with Gasteiger partial charge in [0.2, 0.25) is 23.8 Å². The van der Waals surface area contributed by atoms with E-state index in [1.54, 1.807) is 18.2 Å². The van der Waals surface area contributed by atoms with Crippen molar-refractivity contribution in [2.24, 2.45) is 0 Å². The first-order valence-corrected chi connectivity index (χ1v) is 53.5. The average Bonchev–Trinajstić information content (AvgIpc) is 1.63. The van der Waals surface area contributed by atoms with Crippen molar-refractivity contribution < 1.29 is 135 Å². The van der Waals surface area contributed by atoms with Gasteiger partial charge in [0.05, 0.1) is 90.1 Å². The zero-order valence-corrected chi connectivity index (χ0v) is 82.2. The quantitative estimate of drug-likeness (QED) is 0.0245. The number of anilines is 5. The number of nitrogens with one attached hydrogen (secondary N) is 5. The van der Waals surface area contributed by atoms with Crippen molar-refractivity contribution in [3.05, 3.63) is 208 Å². The SMILES string of the molecule is Cc1cn(C2CC(OP(=O)(O)OCC3OC(n4cnc5c(=O)[nH]c(N)nc54)CC3OP(=O)(O)OCC3OC(n4cnc5c(=O)[nH]c(N)nc54)CC3OP(=O)(O)OCC3OC(n4cnc5c(=O)[nH]c(N)nc54)CC3OP(=O)(O)OCC3OC(n4cnc5c(N)ncnc54)CC3OP(C)(=O)OCC3OC(n4cnc5c(=O)[nH]c(N)nc54)CC3O)C(COCc3ccc(OCc4ccccc4)c(OCc4ccccc4)c3)O2)c(=O)[nH]c1=O. The normalized spacial score (nSPS) is 26.2. The van der Waals surface area contributed by atoms with Crippen LogP contribution < -0.4 is 71.6 Å². The maximum absolute atomic E-state index is 14.8. The highest BCUT2D eigenvalue weighted by molar-refractivity contribution is 7.53. The third kappa shape index (κ3) is 23.1. The lowest BCUT2D eigenvalue weighted by Gasteiger charge is -2.26. The summed E-state index contributed by atoms with van der Waals surface area (Å²) in [5.74, 6) is -0.583. The molecule has 3 aromatic carbocycles. The van der Waals surface area contributed by atoms with Gasteiger partial charge >= 0.3 is 44.6 Å². The van der Waals surface area contributed by atoms with Crippen molar-refractivity contribution in [2.45, 2.75) is 176 Å². The molecule has 0 amide bonds. The molecule has 0 bridgehead atoms. The fraction of sp³-hybridized carbons (Fsp3) is 0.427. The molecule has 0 radical (unpaired) electrons. The van der Waals surface area contributed by atoms with Crippen LogP contribution in [0, 0.1) is 6.92 Å². The minimum absolute atomic E-state index is 0.0113. The molecule has 792 valence electrons. The van der Waals surface area contributed by atoms with E-state index in [4.69, 9.17) is 117 Å². The van der Waals surface area contributed by atoms with E-state index in [1.807, 2.05) is 60.7 Å². The van der Waals surface area contributed by atoms with E-state index in [1.165, 1.54) is 48.6 Å². The van der Waals surface area contributed by atoms with Crippen LogP contribution in [0.1, 0.15) is 98.1 Å². The van der Waals surface area contributed by atoms with Crippen LogP contribution >= 0.6 is 38.9 Å². The summed E-state index contributed by atoms with van der Waals surface area (Å²) in [6, 6.07) is 24.0. The van der Waals surface area contributed by atoms with E-state index < -0.39 is 241 Å². The molecule has 149 heavy (non-hydrogen) atoms. The second-order valence-corrected chi connectivity index (χ2v) is 42.7. The number of rotatable bonds is 41. The van der Waals surface area contributed by atoms with Crippen molar-refractivity contribution in [3.63, 3.8) is 0 Å². The fourth-order valence-electron chi connectivity index (χ4n) is 17.8. The van der Waals surface area contributed by atoms with Crippen molar-refractivity contribution in [1.29, 1.82) is 0 Å². The number of fused-ring (bicyclic) bond motifs is 5. The maximum Gasteiger partial charge on any atom is 0.472 e. The largest absolute Gasteiger partial charge is 0.485 e. The van der Waals surface area contributed by atoms with E-state index in [0.717, 1.165) is 47.7 Å². The summed E-state index contributed by atoms with van der Waals surface area (Å²) in [4.78, 5) is 183. The summed E-state index contributed by atoms with van der Waals surface area (Å²) < 4.78 is 195. The van der Waals surface area contributed by atoms with Gasteiger partial charge in [0.1, 0.15) is 123 Å². The Balaban J connectivity index is 0.526. The second kappa shape index (κ2) is 42.2. The van der Waals surface area contributed by atoms with Gasteiger partial charge in [-0.05, 0) is 35.7 Å². The van der Waals surface area contributed by atoms with Crippen LogP contribution in [-0.2, 0) is 121 Å². The number of aliphatic hydroxyl groups excluding tert-OH is 1. The number of phosphoric ester groups is 4. The summed E-state index contributed by atoms with van der Waals surface area (Å²) >= 11 is 0. The molecule has 6 fully saturated rings. The molecule has 62 nitrogen and oxygen atoms in total. The molecule has 67 heteroatoms. The average molecular weight is 2170 g/mol. The van der Waals surface area contributed by atoms with Gasteiger partial charge in [-0.1, -0.05) is 66.7 Å². The molecule has 23 unspecified atom stereocenters. The second-order valence-electron chi connectivity index (χ2n) is 35.1. The van der Waals surface area contributed by atoms with Gasteiger partial charge in [-0.2, -0.15) is 19.9 Å². The summed E-state index contributed by atoms with van der Waals surface area (Å²) in [6.45, 7) is -2.33. The number of aromatic amines is 5. The van der Waals surface area contributed by atoms with Gasteiger partial charge < -0.3 is 105 Å². The van der Waals surface area contributed by atoms with Gasteiger partial charge in [-0.15, -0.1) is 0 Å². The fourth-order valence-corrected chi connectivity index (χ4v) is 22.8. The van der Waals surface area contributed by atoms with Crippen molar-refractivity contribution >= 4 is 124 Å². The number of nitrogen functional groups attached to an aromatic ring is 5. The van der Waals surface area contributed by atoms with Crippen LogP contribution in [0.4, 0.5) is 29.6 Å². The lowest BCUT2D eigenvalue weighted by atomic mass is 10.2. The monoisotopic (exact) mass is 2170 g/mol. The molecule has 11 aromatic heterocycles. The molecule has 20 rings (SSSR count). The number of nitrogens with zero attached hydrogens (tertiary/aromatic N) is 17. The number of phosphoric acid groups is 4. The van der Waals surface area contributed by atoms with Gasteiger partial charge in [0.25, 0.3) is 27.8 Å². The summed E-state index contributed by atoms with van der Waals surface area (Å²) in [6.07, 6.45) is -20.2. The predicted octanol–water partition coefficient (Wildman–Crippen LogP) is 2.82. The first-order valence-electron chi connectivity index (χ1n) is 45.5. The number of aryl methyl sites for hydroxylation is 1. The molecular formula is C82H94N27O35P5. The molecule has 14 aromatic rings. The lowest BCUT2D eigenvalue weighted by molar-refractivity contribution is -0.0711. The topological polar surface area (TPSA) is 845 Å². The first-order chi connectivity index (χ1) is 71.2. The predicted molar refractivity (Wildman–Crippen MR) is 508 cm³/mol. The number of H-pyrrole nitrogens is 5. The Hall–Kier alpha value is -12.8. The number of aliphatic hydroxyl groups is 1. The van der Waals surface area contributed by atoms with Gasteiger partial charge in [-0.3, -0.25) is 117 Å². The number of hydrogen-bond acceptors (Lipinski definition) is 47. The molecular weight excluding hydrogens is 2080 g/mol. The Morgan fingerprint density at radius 1 is 0.369 bits per heavy atom. The number of nitrogens with two attached hydrogens (primary N) is 5. The maximum atomic E-state index is 14.8. The number of benzene rings is 3. The van der Waals surface area contributed by atoms with Crippen molar-refractivity contribution in [1.82, 2.24) is 107 Å². The molecule has 6 saturated heterocycles. The van der Waals surface area contributed by atoms with Crippen LogP contribution in [0.2, 0.25) is 0 Å². The van der Waals surface area contributed by atoms with E-state index in [9.17, 15) is 76.3 Å². The van der Waals surface area contributed by atoms with E-state index in [-0.39, 0.29) is 131 Å². The molecule has 20 N–H and O–H groups in total. The van der Waals surface area contributed by atoms with Gasteiger partial charge in [-0.25, -0.2) is 57.9 Å². The van der Waals surface area contributed by atoms with E-state index in [0.29, 0.717) is 17.1 Å². The summed E-state index contributed by atoms with van der Waals surface area (Å²) in [5, 5.41) is 11.2. The van der Waals surface area contributed by atoms with E-state index >= 15 is 0 Å². The van der Waals surface area contributed by atoms with Crippen LogP contribution in [-0.4, -0.2) is 251 Å². The number of imidazole rings is 5. The highest BCUT2D eigenvalue weighted by Gasteiger charge is 2.52. The highest BCUT2D eigenvalue weighted by atomic mass is 31.2. The number of hydrogen-bond donors (Lipinski definition) is 15. The summed E-state index contributed by atoms with van der Waals surface area (Å²) in [7, 11) is -26.7. The van der Waals surface area contributed by atoms with Crippen LogP contribution in [0.3, 0.4) is 0 Å².